The summed E-state index contributed by atoms with van der Waals surface area (Å²) < 4.78 is 2.02. The maximum atomic E-state index is 12.3. The number of rotatable bonds is 6. The van der Waals surface area contributed by atoms with Crippen molar-refractivity contribution in [3.05, 3.63) is 98.7 Å². The zero-order valence-electron chi connectivity index (χ0n) is 17.7. The summed E-state index contributed by atoms with van der Waals surface area (Å²) in [6.07, 6.45) is 3.46. The van der Waals surface area contributed by atoms with E-state index >= 15 is 0 Å². The van der Waals surface area contributed by atoms with Gasteiger partial charge in [0.1, 0.15) is 11.8 Å². The Bertz CT molecular complexity index is 1470. The van der Waals surface area contributed by atoms with Crippen LogP contribution in [0.1, 0.15) is 32.6 Å². The van der Waals surface area contributed by atoms with E-state index in [1.807, 2.05) is 41.1 Å². The highest BCUT2D eigenvalue weighted by Crippen LogP contribution is 2.28. The van der Waals surface area contributed by atoms with Gasteiger partial charge in [0.15, 0.2) is 0 Å². The number of carbonyl (C=O) groups excluding carboxylic acids is 1. The van der Waals surface area contributed by atoms with Gasteiger partial charge in [0, 0.05) is 34.8 Å². The highest BCUT2D eigenvalue weighted by atomic mass is 35.5. The highest BCUT2D eigenvalue weighted by Gasteiger charge is 2.11. The van der Waals surface area contributed by atoms with Crippen LogP contribution in [-0.4, -0.2) is 26.9 Å². The van der Waals surface area contributed by atoms with Crippen molar-refractivity contribution in [2.24, 2.45) is 5.10 Å². The Balaban J connectivity index is 1.56. The topological polar surface area (TPSA) is 111 Å². The van der Waals surface area contributed by atoms with Crippen molar-refractivity contribution in [2.75, 3.05) is 0 Å². The van der Waals surface area contributed by atoms with E-state index in [0.29, 0.717) is 22.2 Å². The number of aliphatic hydroxyl groups excluding tert-OH is 1. The molecule has 0 aliphatic heterocycles. The molecule has 0 spiro atoms. The first-order valence-corrected chi connectivity index (χ1v) is 10.9. The molecule has 4 aromatic rings. The Morgan fingerprint density at radius 2 is 1.88 bits per heavy atom. The lowest BCUT2D eigenvalue weighted by Crippen LogP contribution is -2.17. The van der Waals surface area contributed by atoms with Gasteiger partial charge >= 0.3 is 0 Å². The molecule has 3 aromatic carbocycles. The predicted octanol–water partition coefficient (Wildman–Crippen LogP) is 4.83. The lowest BCUT2D eigenvalue weighted by atomic mass is 10.1. The number of hydrogen-bond donors (Lipinski definition) is 3. The minimum Gasteiger partial charge on any atom is -0.507 e. The number of phenols is 1. The summed E-state index contributed by atoms with van der Waals surface area (Å²) >= 11 is 12.2. The second kappa shape index (κ2) is 9.98. The third-order valence-electron chi connectivity index (χ3n) is 5.35. The summed E-state index contributed by atoms with van der Waals surface area (Å²) in [5, 5.41) is 34.1. The number of halogens is 2. The van der Waals surface area contributed by atoms with E-state index in [9.17, 15) is 15.0 Å². The zero-order valence-corrected chi connectivity index (χ0v) is 19.2. The van der Waals surface area contributed by atoms with Crippen molar-refractivity contribution in [1.82, 2.24) is 9.99 Å². The van der Waals surface area contributed by atoms with Crippen molar-refractivity contribution >= 4 is 46.2 Å². The van der Waals surface area contributed by atoms with Gasteiger partial charge in [0.25, 0.3) is 5.91 Å². The first kappa shape index (κ1) is 23.3. The van der Waals surface area contributed by atoms with Crippen molar-refractivity contribution in [2.45, 2.75) is 13.2 Å². The molecule has 4 rings (SSSR count). The molecule has 170 valence electrons. The number of hydrogen-bond acceptors (Lipinski definition) is 5. The summed E-state index contributed by atoms with van der Waals surface area (Å²) in [6.45, 7) is 0.329. The van der Waals surface area contributed by atoms with E-state index in [1.165, 1.54) is 24.4 Å². The molecule has 9 heteroatoms. The summed E-state index contributed by atoms with van der Waals surface area (Å²) in [6, 6.07) is 16.9. The molecule has 0 aliphatic rings. The van der Waals surface area contributed by atoms with Crippen LogP contribution in [0, 0.1) is 11.3 Å². The number of phenolic OH excluding ortho intramolecular Hbond substituents is 1. The second-order valence-corrected chi connectivity index (χ2v) is 8.27. The number of carbonyl (C=O) groups is 1. The van der Waals surface area contributed by atoms with Gasteiger partial charge in [-0.25, -0.2) is 5.43 Å². The van der Waals surface area contributed by atoms with E-state index in [1.54, 1.807) is 12.1 Å². The molecular weight excluding hydrogens is 475 g/mol. The van der Waals surface area contributed by atoms with Gasteiger partial charge in [-0.1, -0.05) is 35.3 Å². The highest BCUT2D eigenvalue weighted by molar-refractivity contribution is 6.42. The average molecular weight is 493 g/mol. The monoisotopic (exact) mass is 492 g/mol. The molecule has 0 saturated heterocycles. The molecule has 1 amide bonds. The molecule has 34 heavy (non-hydrogen) atoms. The SMILES string of the molecule is N#Cc1cc(C(=O)N/N=C/c2cccc3c2ccn3Cc2cc(Cl)c(Cl)cc2CO)ccc1O. The summed E-state index contributed by atoms with van der Waals surface area (Å²) in [4.78, 5) is 12.3. The van der Waals surface area contributed by atoms with E-state index in [2.05, 4.69) is 10.5 Å². The maximum absolute atomic E-state index is 12.3. The fraction of sp³-hybridized carbons (Fsp3) is 0.0800. The first-order valence-electron chi connectivity index (χ1n) is 10.1. The van der Waals surface area contributed by atoms with Crippen LogP contribution in [0.15, 0.2) is 65.9 Å². The van der Waals surface area contributed by atoms with Crippen LogP contribution in [0.25, 0.3) is 10.9 Å². The molecule has 3 N–H and O–H groups in total. The molecule has 0 unspecified atom stereocenters. The van der Waals surface area contributed by atoms with Crippen molar-refractivity contribution in [3.63, 3.8) is 0 Å². The minimum atomic E-state index is -0.506. The number of fused-ring (bicyclic) bond motifs is 1. The van der Waals surface area contributed by atoms with E-state index in [0.717, 1.165) is 22.0 Å². The molecule has 0 radical (unpaired) electrons. The van der Waals surface area contributed by atoms with Gasteiger partial charge in [0.2, 0.25) is 0 Å². The Hall–Kier alpha value is -3.83. The maximum Gasteiger partial charge on any atom is 0.271 e. The standard InChI is InChI=1S/C25H18Cl2N4O3/c26-21-9-18(19(14-32)10-22(21)27)13-31-7-6-20-16(2-1-3-23(20)31)12-29-30-25(34)15-4-5-24(33)17(8-15)11-28/h1-10,12,32-33H,13-14H2,(H,30,34)/b29-12+. The second-order valence-electron chi connectivity index (χ2n) is 7.46. The minimum absolute atomic E-state index is 0.00840. The number of amides is 1. The summed E-state index contributed by atoms with van der Waals surface area (Å²) in [7, 11) is 0. The van der Waals surface area contributed by atoms with E-state index in [-0.39, 0.29) is 23.5 Å². The molecule has 7 nitrogen and oxygen atoms in total. The number of nitriles is 1. The lowest BCUT2D eigenvalue weighted by molar-refractivity contribution is 0.0955. The summed E-state index contributed by atoms with van der Waals surface area (Å²) in [5.74, 6) is -0.695. The molecule has 0 bridgehead atoms. The van der Waals surface area contributed by atoms with Gasteiger partial charge in [-0.15, -0.1) is 0 Å². The zero-order chi connectivity index (χ0) is 24.2. The third kappa shape index (κ3) is 4.75. The van der Waals surface area contributed by atoms with Crippen LogP contribution in [0.4, 0.5) is 0 Å². The normalized spacial score (nSPS) is 11.1. The smallest absolute Gasteiger partial charge is 0.271 e. The Morgan fingerprint density at radius 3 is 2.62 bits per heavy atom. The quantitative estimate of drug-likeness (QED) is 0.264. The molecule has 0 fully saturated rings. The molecule has 1 heterocycles. The van der Waals surface area contributed by atoms with Crippen LogP contribution in [0.2, 0.25) is 10.0 Å². The van der Waals surface area contributed by atoms with E-state index < -0.39 is 5.91 Å². The van der Waals surface area contributed by atoms with Gasteiger partial charge in [-0.2, -0.15) is 10.4 Å². The Kier molecular flexibility index (Phi) is 6.85. The number of aromatic nitrogens is 1. The van der Waals surface area contributed by atoms with E-state index in [4.69, 9.17) is 28.5 Å². The van der Waals surface area contributed by atoms with Crippen LogP contribution in [-0.2, 0) is 13.2 Å². The van der Waals surface area contributed by atoms with Crippen LogP contribution >= 0.6 is 23.2 Å². The van der Waals surface area contributed by atoms with Crippen molar-refractivity contribution in [1.29, 1.82) is 5.26 Å². The molecule has 0 aliphatic carbocycles. The molecule has 0 saturated carbocycles. The number of nitrogens with one attached hydrogen (secondary N) is 1. The molecule has 1 aromatic heterocycles. The van der Waals surface area contributed by atoms with Gasteiger partial charge in [-0.05, 0) is 53.6 Å². The predicted molar refractivity (Wildman–Crippen MR) is 131 cm³/mol. The lowest BCUT2D eigenvalue weighted by Gasteiger charge is -2.12. The van der Waals surface area contributed by atoms with Gasteiger partial charge < -0.3 is 14.8 Å². The molecule has 0 atom stereocenters. The average Bonchev–Trinajstić information content (AvgIpc) is 3.25. The largest absolute Gasteiger partial charge is 0.507 e. The van der Waals surface area contributed by atoms with Crippen molar-refractivity contribution < 1.29 is 15.0 Å². The number of nitrogens with zero attached hydrogens (tertiary/aromatic N) is 3. The molecular formula is C25H18Cl2N4O3. The Labute approximate surface area is 205 Å². The van der Waals surface area contributed by atoms with Crippen LogP contribution < -0.4 is 5.43 Å². The Morgan fingerprint density at radius 1 is 1.12 bits per heavy atom. The van der Waals surface area contributed by atoms with Gasteiger partial charge in [0.05, 0.1) is 28.4 Å². The number of benzene rings is 3. The third-order valence-corrected chi connectivity index (χ3v) is 6.07. The van der Waals surface area contributed by atoms with Crippen molar-refractivity contribution in [3.8, 4) is 11.8 Å². The van der Waals surface area contributed by atoms with Gasteiger partial charge in [-0.3, -0.25) is 4.79 Å². The number of hydrazone groups is 1. The number of aromatic hydroxyl groups is 1. The van der Waals surface area contributed by atoms with Crippen LogP contribution in [0.3, 0.4) is 0 Å². The fourth-order valence-corrected chi connectivity index (χ4v) is 3.97. The van der Waals surface area contributed by atoms with Crippen LogP contribution in [0.5, 0.6) is 5.75 Å². The fourth-order valence-electron chi connectivity index (χ4n) is 3.60. The first-order chi connectivity index (χ1) is 16.4. The number of aliphatic hydroxyl groups is 1. The summed E-state index contributed by atoms with van der Waals surface area (Å²) in [5.41, 5.74) is 5.92.